The molecule has 0 amide bonds. The van der Waals surface area contributed by atoms with Crippen molar-refractivity contribution in [2.75, 3.05) is 57.9 Å². The number of hydrogen-bond donors (Lipinski definition) is 1. The van der Waals surface area contributed by atoms with E-state index in [0.717, 1.165) is 49.8 Å². The first-order valence-corrected chi connectivity index (χ1v) is 9.53. The standard InChI is InChI=1S/C18H28BrN3O.ClH/c1-20-13-15-4-6-21(7-5-15)14-16-2-3-17(19)12-18(16)22-8-10-23-11-9-22;/h2-3,12,15,20H,4-11,13-14H2,1H3;1H. The molecule has 0 radical (unpaired) electrons. The van der Waals surface area contributed by atoms with E-state index >= 15 is 0 Å². The van der Waals surface area contributed by atoms with Crippen molar-refractivity contribution in [1.82, 2.24) is 10.2 Å². The summed E-state index contributed by atoms with van der Waals surface area (Å²) in [5, 5.41) is 3.32. The number of anilines is 1. The average Bonchev–Trinajstić information content (AvgIpc) is 2.59. The molecule has 1 aromatic rings. The maximum absolute atomic E-state index is 5.51. The number of ether oxygens (including phenoxy) is 1. The van der Waals surface area contributed by atoms with Crippen LogP contribution in [0, 0.1) is 5.92 Å². The minimum absolute atomic E-state index is 0. The molecule has 0 aromatic heterocycles. The Morgan fingerprint density at radius 3 is 2.54 bits per heavy atom. The van der Waals surface area contributed by atoms with Gasteiger partial charge in [-0.25, -0.2) is 0 Å². The molecule has 3 rings (SSSR count). The molecule has 0 atom stereocenters. The largest absolute Gasteiger partial charge is 0.378 e. The molecule has 1 aromatic carbocycles. The summed E-state index contributed by atoms with van der Waals surface area (Å²) in [7, 11) is 2.06. The molecular formula is C18H29BrClN3O. The van der Waals surface area contributed by atoms with Crippen LogP contribution >= 0.6 is 28.3 Å². The van der Waals surface area contributed by atoms with Gasteiger partial charge in [0.1, 0.15) is 0 Å². The van der Waals surface area contributed by atoms with Crippen molar-refractivity contribution in [1.29, 1.82) is 0 Å². The number of likely N-dealkylation sites (tertiary alicyclic amines) is 1. The summed E-state index contributed by atoms with van der Waals surface area (Å²) in [5.74, 6) is 0.847. The van der Waals surface area contributed by atoms with Crippen LogP contribution < -0.4 is 10.2 Å². The van der Waals surface area contributed by atoms with Crippen LogP contribution in [-0.4, -0.2) is 57.9 Å². The highest BCUT2D eigenvalue weighted by Crippen LogP contribution is 2.28. The van der Waals surface area contributed by atoms with Crippen LogP contribution in [-0.2, 0) is 11.3 Å². The van der Waals surface area contributed by atoms with E-state index in [9.17, 15) is 0 Å². The maximum Gasteiger partial charge on any atom is 0.0642 e. The van der Waals surface area contributed by atoms with E-state index in [1.165, 1.54) is 37.2 Å². The minimum Gasteiger partial charge on any atom is -0.378 e. The second-order valence-electron chi connectivity index (χ2n) is 6.65. The van der Waals surface area contributed by atoms with E-state index in [1.807, 2.05) is 0 Å². The first kappa shape index (κ1) is 20.0. The fraction of sp³-hybridized carbons (Fsp3) is 0.667. The van der Waals surface area contributed by atoms with Gasteiger partial charge in [-0.3, -0.25) is 4.90 Å². The average molecular weight is 419 g/mol. The number of benzene rings is 1. The first-order valence-electron chi connectivity index (χ1n) is 8.74. The smallest absolute Gasteiger partial charge is 0.0642 e. The van der Waals surface area contributed by atoms with Gasteiger partial charge in [-0.2, -0.15) is 0 Å². The Kier molecular flexibility index (Phi) is 8.31. The van der Waals surface area contributed by atoms with E-state index in [-0.39, 0.29) is 12.4 Å². The molecule has 6 heteroatoms. The van der Waals surface area contributed by atoms with Gasteiger partial charge in [0.2, 0.25) is 0 Å². The van der Waals surface area contributed by atoms with E-state index in [0.29, 0.717) is 0 Å². The van der Waals surface area contributed by atoms with Gasteiger partial charge in [0.05, 0.1) is 13.2 Å². The van der Waals surface area contributed by atoms with Crippen LogP contribution in [0.2, 0.25) is 0 Å². The molecule has 2 saturated heterocycles. The Bertz CT molecular complexity index is 503. The van der Waals surface area contributed by atoms with Crippen molar-refractivity contribution in [3.05, 3.63) is 28.2 Å². The second-order valence-corrected chi connectivity index (χ2v) is 7.57. The highest BCUT2D eigenvalue weighted by atomic mass is 79.9. The van der Waals surface area contributed by atoms with E-state index < -0.39 is 0 Å². The highest BCUT2D eigenvalue weighted by Gasteiger charge is 2.21. The number of rotatable bonds is 5. The Labute approximate surface area is 160 Å². The molecule has 136 valence electrons. The Balaban J connectivity index is 0.00000208. The van der Waals surface area contributed by atoms with Gasteiger partial charge in [-0.1, -0.05) is 22.0 Å². The van der Waals surface area contributed by atoms with Crippen molar-refractivity contribution in [2.45, 2.75) is 19.4 Å². The number of morpholine rings is 1. The van der Waals surface area contributed by atoms with Gasteiger partial charge < -0.3 is 15.0 Å². The number of nitrogens with one attached hydrogen (secondary N) is 1. The van der Waals surface area contributed by atoms with Crippen molar-refractivity contribution in [2.24, 2.45) is 5.92 Å². The zero-order chi connectivity index (χ0) is 16.1. The summed E-state index contributed by atoms with van der Waals surface area (Å²) < 4.78 is 6.67. The molecular weight excluding hydrogens is 390 g/mol. The van der Waals surface area contributed by atoms with Gasteiger partial charge in [0.15, 0.2) is 0 Å². The van der Waals surface area contributed by atoms with Crippen molar-refractivity contribution in [3.8, 4) is 0 Å². The van der Waals surface area contributed by atoms with Gasteiger partial charge in [-0.05, 0) is 63.1 Å². The molecule has 2 fully saturated rings. The molecule has 0 spiro atoms. The minimum atomic E-state index is 0. The van der Waals surface area contributed by atoms with Gasteiger partial charge in [-0.15, -0.1) is 12.4 Å². The lowest BCUT2D eigenvalue weighted by molar-refractivity contribution is 0.122. The first-order chi connectivity index (χ1) is 11.3. The monoisotopic (exact) mass is 417 g/mol. The van der Waals surface area contributed by atoms with Crippen molar-refractivity contribution < 1.29 is 4.74 Å². The lowest BCUT2D eigenvalue weighted by Gasteiger charge is -2.35. The molecule has 0 aliphatic carbocycles. The summed E-state index contributed by atoms with van der Waals surface area (Å²) in [4.78, 5) is 5.08. The van der Waals surface area contributed by atoms with E-state index in [1.54, 1.807) is 0 Å². The molecule has 0 unspecified atom stereocenters. The van der Waals surface area contributed by atoms with Gasteiger partial charge in [0, 0.05) is 29.8 Å². The van der Waals surface area contributed by atoms with Gasteiger partial charge >= 0.3 is 0 Å². The van der Waals surface area contributed by atoms with E-state index in [2.05, 4.69) is 56.3 Å². The normalized spacial score (nSPS) is 20.0. The lowest BCUT2D eigenvalue weighted by atomic mass is 9.96. The fourth-order valence-corrected chi connectivity index (χ4v) is 4.00. The number of hydrogen-bond acceptors (Lipinski definition) is 4. The van der Waals surface area contributed by atoms with Crippen LogP contribution in [0.1, 0.15) is 18.4 Å². The Hall–Kier alpha value is -0.330. The third-order valence-electron chi connectivity index (χ3n) is 4.99. The predicted molar refractivity (Wildman–Crippen MR) is 106 cm³/mol. The third kappa shape index (κ3) is 5.33. The zero-order valence-corrected chi connectivity index (χ0v) is 16.9. The molecule has 4 nitrogen and oxygen atoms in total. The van der Waals surface area contributed by atoms with E-state index in [4.69, 9.17) is 4.74 Å². The molecule has 0 saturated carbocycles. The molecule has 24 heavy (non-hydrogen) atoms. The van der Waals surface area contributed by atoms with Crippen LogP contribution in [0.3, 0.4) is 0 Å². The summed E-state index contributed by atoms with van der Waals surface area (Å²) in [6.07, 6.45) is 2.62. The number of piperidine rings is 1. The number of halogens is 2. The predicted octanol–water partition coefficient (Wildman–Crippen LogP) is 3.14. The summed E-state index contributed by atoms with van der Waals surface area (Å²) in [5.41, 5.74) is 2.82. The fourth-order valence-electron chi connectivity index (χ4n) is 3.65. The molecule has 2 aliphatic heterocycles. The maximum atomic E-state index is 5.51. The Morgan fingerprint density at radius 1 is 1.17 bits per heavy atom. The molecule has 0 bridgehead atoms. The Morgan fingerprint density at radius 2 is 1.88 bits per heavy atom. The SMILES string of the molecule is CNCC1CCN(Cc2ccc(Br)cc2N2CCOCC2)CC1.Cl. The molecule has 1 N–H and O–H groups in total. The van der Waals surface area contributed by atoms with Crippen LogP contribution in [0.5, 0.6) is 0 Å². The third-order valence-corrected chi connectivity index (χ3v) is 5.49. The zero-order valence-electron chi connectivity index (χ0n) is 14.5. The summed E-state index contributed by atoms with van der Waals surface area (Å²) in [6.45, 7) is 8.30. The summed E-state index contributed by atoms with van der Waals surface area (Å²) in [6, 6.07) is 6.73. The molecule has 2 heterocycles. The van der Waals surface area contributed by atoms with Crippen LogP contribution in [0.15, 0.2) is 22.7 Å². The number of nitrogens with zero attached hydrogens (tertiary/aromatic N) is 2. The van der Waals surface area contributed by atoms with Gasteiger partial charge in [0.25, 0.3) is 0 Å². The van der Waals surface area contributed by atoms with Crippen LogP contribution in [0.25, 0.3) is 0 Å². The van der Waals surface area contributed by atoms with Crippen molar-refractivity contribution in [3.63, 3.8) is 0 Å². The topological polar surface area (TPSA) is 27.7 Å². The quantitative estimate of drug-likeness (QED) is 0.795. The van der Waals surface area contributed by atoms with Crippen LogP contribution in [0.4, 0.5) is 5.69 Å². The lowest BCUT2D eigenvalue weighted by Crippen LogP contribution is -2.38. The second kappa shape index (κ2) is 9.97. The summed E-state index contributed by atoms with van der Waals surface area (Å²) >= 11 is 3.63. The molecule has 2 aliphatic rings. The van der Waals surface area contributed by atoms with Crippen molar-refractivity contribution >= 4 is 34.0 Å². The highest BCUT2D eigenvalue weighted by molar-refractivity contribution is 9.10.